The van der Waals surface area contributed by atoms with Crippen molar-refractivity contribution in [1.29, 1.82) is 0 Å². The minimum Gasteiger partial charge on any atom is -0.333 e. The Morgan fingerprint density at radius 2 is 1.72 bits per heavy atom. The molecule has 0 N–H and O–H groups in total. The molecule has 220 valence electrons. The maximum Gasteiger partial charge on any atom is 0.160 e. The molecular formula is C40H26BrN3S2. The summed E-state index contributed by atoms with van der Waals surface area (Å²) in [7, 11) is 2.10. The van der Waals surface area contributed by atoms with E-state index >= 15 is 0 Å². The number of amidine groups is 2. The maximum atomic E-state index is 5.22. The van der Waals surface area contributed by atoms with Crippen molar-refractivity contribution in [3.8, 4) is 11.1 Å². The predicted octanol–water partition coefficient (Wildman–Crippen LogP) is 11.3. The summed E-state index contributed by atoms with van der Waals surface area (Å²) < 4.78 is 5.03. The quantitative estimate of drug-likeness (QED) is 0.169. The van der Waals surface area contributed by atoms with Crippen LogP contribution in [0.15, 0.2) is 135 Å². The average Bonchev–Trinajstić information content (AvgIpc) is 3.66. The van der Waals surface area contributed by atoms with Crippen LogP contribution in [0.25, 0.3) is 47.5 Å². The first-order valence-electron chi connectivity index (χ1n) is 15.3. The molecule has 2 aromatic heterocycles. The van der Waals surface area contributed by atoms with Crippen molar-refractivity contribution in [1.82, 2.24) is 4.90 Å². The van der Waals surface area contributed by atoms with Gasteiger partial charge >= 0.3 is 0 Å². The van der Waals surface area contributed by atoms with Crippen LogP contribution in [0.1, 0.15) is 34.2 Å². The zero-order valence-electron chi connectivity index (χ0n) is 24.9. The number of thiophene rings is 2. The van der Waals surface area contributed by atoms with E-state index < -0.39 is 0 Å². The Kier molecular flexibility index (Phi) is 6.67. The highest BCUT2D eigenvalue weighted by Gasteiger charge is 2.28. The monoisotopic (exact) mass is 691 g/mol. The summed E-state index contributed by atoms with van der Waals surface area (Å²) in [5, 5.41) is 3.90. The molecule has 6 heteroatoms. The lowest BCUT2D eigenvalue weighted by molar-refractivity contribution is 0.383. The van der Waals surface area contributed by atoms with Gasteiger partial charge < -0.3 is 4.90 Å². The maximum absolute atomic E-state index is 5.22. The van der Waals surface area contributed by atoms with Crippen molar-refractivity contribution in [2.75, 3.05) is 7.05 Å². The number of halogens is 1. The van der Waals surface area contributed by atoms with E-state index in [1.54, 1.807) is 0 Å². The molecule has 0 radical (unpaired) electrons. The number of allylic oxidation sites excluding steroid dienone is 3. The zero-order chi connectivity index (χ0) is 30.8. The first-order chi connectivity index (χ1) is 22.6. The highest BCUT2D eigenvalue weighted by Crippen LogP contribution is 2.42. The molecule has 1 atom stereocenters. The number of nitrogens with zero attached hydrogens (tertiary/aromatic N) is 3. The van der Waals surface area contributed by atoms with E-state index in [0.29, 0.717) is 5.84 Å². The molecule has 0 amide bonds. The third-order valence-corrected chi connectivity index (χ3v) is 11.8. The molecule has 6 aromatic rings. The van der Waals surface area contributed by atoms with Crippen LogP contribution in [0.3, 0.4) is 0 Å². The Morgan fingerprint density at radius 1 is 0.870 bits per heavy atom. The van der Waals surface area contributed by atoms with Crippen LogP contribution in [0.4, 0.5) is 0 Å². The second kappa shape index (κ2) is 11.1. The molecule has 0 spiro atoms. The van der Waals surface area contributed by atoms with Gasteiger partial charge in [-0.2, -0.15) is 0 Å². The van der Waals surface area contributed by atoms with E-state index in [4.69, 9.17) is 9.98 Å². The molecule has 0 fully saturated rings. The standard InChI is InChI=1S/C40H26BrN3S2/c1-44-39(26-16-14-24(15-17-26)29-11-7-13-36-37(29)32-23-28(41)19-21-35(32)46-36)42-38(25-8-3-2-4-9-25)43-40(44)27-18-20-34-31(22-27)30-10-5-6-12-33(30)45-34/h3,5,7-11,13-23,40H,6,12H2,1H3. The van der Waals surface area contributed by atoms with Gasteiger partial charge in [0.1, 0.15) is 5.84 Å². The molecular weight excluding hydrogens is 666 g/mol. The lowest BCUT2D eigenvalue weighted by Gasteiger charge is -2.32. The first-order valence-corrected chi connectivity index (χ1v) is 17.7. The average molecular weight is 693 g/mol. The lowest BCUT2D eigenvalue weighted by Crippen LogP contribution is -2.35. The van der Waals surface area contributed by atoms with Crippen LogP contribution in [0.5, 0.6) is 0 Å². The number of fused-ring (bicyclic) bond motifs is 6. The van der Waals surface area contributed by atoms with Crippen LogP contribution in [0.2, 0.25) is 0 Å². The molecule has 1 unspecified atom stereocenters. The summed E-state index contributed by atoms with van der Waals surface area (Å²) in [4.78, 5) is 14.0. The topological polar surface area (TPSA) is 28.0 Å². The van der Waals surface area contributed by atoms with E-state index in [1.165, 1.54) is 51.8 Å². The third kappa shape index (κ3) is 4.62. The summed E-state index contributed by atoms with van der Waals surface area (Å²) in [6.45, 7) is 0. The third-order valence-electron chi connectivity index (χ3n) is 8.93. The van der Waals surface area contributed by atoms with Crippen LogP contribution in [-0.4, -0.2) is 23.6 Å². The van der Waals surface area contributed by atoms with Crippen LogP contribution < -0.4 is 0 Å². The molecule has 0 saturated heterocycles. The lowest BCUT2D eigenvalue weighted by atomic mass is 9.98. The van der Waals surface area contributed by atoms with Gasteiger partial charge in [-0.05, 0) is 89.7 Å². The summed E-state index contributed by atoms with van der Waals surface area (Å²) in [6.07, 6.45) is 12.4. The van der Waals surface area contributed by atoms with E-state index in [-0.39, 0.29) is 6.17 Å². The van der Waals surface area contributed by atoms with Gasteiger partial charge in [-0.15, -0.1) is 22.7 Å². The fourth-order valence-corrected chi connectivity index (χ4v) is 9.35. The van der Waals surface area contributed by atoms with E-state index in [9.17, 15) is 0 Å². The Morgan fingerprint density at radius 3 is 2.59 bits per heavy atom. The van der Waals surface area contributed by atoms with Crippen molar-refractivity contribution in [3.05, 3.63) is 146 Å². The van der Waals surface area contributed by atoms with Gasteiger partial charge in [0.2, 0.25) is 0 Å². The minimum absolute atomic E-state index is 0.219. The van der Waals surface area contributed by atoms with Crippen molar-refractivity contribution in [2.45, 2.75) is 19.0 Å². The number of benzene rings is 4. The van der Waals surface area contributed by atoms with Gasteiger partial charge in [-0.25, -0.2) is 9.98 Å². The van der Waals surface area contributed by atoms with E-state index in [2.05, 4.69) is 130 Å². The van der Waals surface area contributed by atoms with Crippen molar-refractivity contribution >= 4 is 86.6 Å². The van der Waals surface area contributed by atoms with Gasteiger partial charge in [0.25, 0.3) is 0 Å². The van der Waals surface area contributed by atoms with Crippen LogP contribution >= 0.6 is 38.6 Å². The fraction of sp³-hybridized carbons (Fsp3) is 0.100. The Balaban J connectivity index is 1.13. The van der Waals surface area contributed by atoms with Gasteiger partial charge in [0.05, 0.1) is 0 Å². The van der Waals surface area contributed by atoms with Crippen LogP contribution in [-0.2, 0) is 6.42 Å². The molecule has 3 heterocycles. The molecule has 9 rings (SSSR count). The summed E-state index contributed by atoms with van der Waals surface area (Å²) in [6, 6.07) is 28.8. The molecule has 0 saturated carbocycles. The van der Waals surface area contributed by atoms with Crippen molar-refractivity contribution in [2.24, 2.45) is 9.98 Å². The molecule has 3 nitrogen and oxygen atoms in total. The molecule has 1 aliphatic heterocycles. The van der Waals surface area contributed by atoms with Gasteiger partial charge in [-0.1, -0.05) is 82.0 Å². The highest BCUT2D eigenvalue weighted by atomic mass is 79.9. The SMILES string of the molecule is CN1C(c2ccc(-c3cccc4sc5ccc(Br)cc5c34)cc2)=NC(C2=CC=C=C=C2)=NC1c1ccc2sc3c(c2c1)C=CCC3. The summed E-state index contributed by atoms with van der Waals surface area (Å²) in [5.41, 5.74) is 13.0. The highest BCUT2D eigenvalue weighted by molar-refractivity contribution is 9.10. The normalized spacial score (nSPS) is 17.1. The second-order valence-electron chi connectivity index (χ2n) is 11.7. The molecule has 3 aliphatic rings. The minimum atomic E-state index is -0.219. The Labute approximate surface area is 283 Å². The first kappa shape index (κ1) is 27.7. The number of aryl methyl sites for hydroxylation is 1. The summed E-state index contributed by atoms with van der Waals surface area (Å²) in [5.74, 6) is 1.60. The van der Waals surface area contributed by atoms with Gasteiger partial charge in [0, 0.05) is 57.8 Å². The van der Waals surface area contributed by atoms with Crippen molar-refractivity contribution < 1.29 is 0 Å². The molecule has 46 heavy (non-hydrogen) atoms. The van der Waals surface area contributed by atoms with Gasteiger partial charge in [-0.3, -0.25) is 0 Å². The van der Waals surface area contributed by atoms with Crippen LogP contribution in [0, 0.1) is 0 Å². The number of rotatable bonds is 4. The number of hydrogen-bond acceptors (Lipinski definition) is 5. The molecule has 4 aromatic carbocycles. The zero-order valence-corrected chi connectivity index (χ0v) is 28.1. The fourth-order valence-electron chi connectivity index (χ4n) is 6.69. The Hall–Kier alpha value is -4.54. The largest absolute Gasteiger partial charge is 0.333 e. The van der Waals surface area contributed by atoms with E-state index in [0.717, 1.165) is 39.8 Å². The number of hydrogen-bond donors (Lipinski definition) is 0. The molecule has 0 bridgehead atoms. The molecule has 2 aliphatic carbocycles. The van der Waals surface area contributed by atoms with E-state index in [1.807, 2.05) is 40.9 Å². The second-order valence-corrected chi connectivity index (χ2v) is 14.9. The Bertz CT molecular complexity index is 2480. The van der Waals surface area contributed by atoms with Gasteiger partial charge in [0.15, 0.2) is 12.0 Å². The van der Waals surface area contributed by atoms with Crippen molar-refractivity contribution in [3.63, 3.8) is 0 Å². The predicted molar refractivity (Wildman–Crippen MR) is 200 cm³/mol. The smallest absolute Gasteiger partial charge is 0.160 e. The number of aliphatic imine (C=N–C) groups is 2. The summed E-state index contributed by atoms with van der Waals surface area (Å²) >= 11 is 7.44.